The number of carbonyl (C=O) groups excluding carboxylic acids is 1. The van der Waals surface area contributed by atoms with Gasteiger partial charge in [-0.2, -0.15) is 0 Å². The molecule has 26 heavy (non-hydrogen) atoms. The standard InChI is InChI=1S/C15H14O2.C4H7NO4/c16-15(11-13-7-3-1-4-8-13)17-12-14-9-5-2-6-10-14;5-2(4(8)9)1-3(6)7/h1-10H,11-12H2;2H,1,5H2,(H,6,7)(H,8,9)/t;2-/m.0/s1. The van der Waals surface area contributed by atoms with E-state index in [-0.39, 0.29) is 5.97 Å². The molecule has 1 atom stereocenters. The van der Waals surface area contributed by atoms with Gasteiger partial charge in [0.25, 0.3) is 0 Å². The molecule has 0 aliphatic carbocycles. The van der Waals surface area contributed by atoms with E-state index >= 15 is 0 Å². The minimum absolute atomic E-state index is 0.194. The molecule has 0 heterocycles. The van der Waals surface area contributed by atoms with Crippen molar-refractivity contribution in [1.29, 1.82) is 0 Å². The first-order valence-electron chi connectivity index (χ1n) is 7.82. The van der Waals surface area contributed by atoms with Crippen LogP contribution in [-0.4, -0.2) is 34.2 Å². The molecule has 0 aliphatic rings. The first kappa shape index (κ1) is 20.9. The number of hydrogen-bond acceptors (Lipinski definition) is 5. The topological polar surface area (TPSA) is 127 Å². The van der Waals surface area contributed by atoms with Crippen LogP contribution in [0.5, 0.6) is 0 Å². The van der Waals surface area contributed by atoms with Gasteiger partial charge in [0.15, 0.2) is 0 Å². The van der Waals surface area contributed by atoms with E-state index in [4.69, 9.17) is 20.7 Å². The Morgan fingerprint density at radius 1 is 0.885 bits per heavy atom. The van der Waals surface area contributed by atoms with Gasteiger partial charge in [0, 0.05) is 0 Å². The van der Waals surface area contributed by atoms with Gasteiger partial charge >= 0.3 is 17.9 Å². The minimum atomic E-state index is -1.29. The second-order valence-corrected chi connectivity index (χ2v) is 5.35. The van der Waals surface area contributed by atoms with Crippen molar-refractivity contribution < 1.29 is 29.3 Å². The Hall–Kier alpha value is -3.19. The maximum Gasteiger partial charge on any atom is 0.321 e. The van der Waals surface area contributed by atoms with Crippen LogP contribution in [0.2, 0.25) is 0 Å². The van der Waals surface area contributed by atoms with Crippen molar-refractivity contribution in [2.45, 2.75) is 25.5 Å². The van der Waals surface area contributed by atoms with Crippen molar-refractivity contribution in [3.63, 3.8) is 0 Å². The Labute approximate surface area is 151 Å². The molecule has 0 aromatic heterocycles. The lowest BCUT2D eigenvalue weighted by molar-refractivity contribution is -0.144. The van der Waals surface area contributed by atoms with Crippen molar-refractivity contribution in [3.05, 3.63) is 71.8 Å². The van der Waals surface area contributed by atoms with E-state index < -0.39 is 24.4 Å². The molecule has 0 aliphatic heterocycles. The zero-order chi connectivity index (χ0) is 19.4. The number of carboxylic acids is 2. The van der Waals surface area contributed by atoms with Gasteiger partial charge in [-0.1, -0.05) is 60.7 Å². The zero-order valence-electron chi connectivity index (χ0n) is 14.1. The van der Waals surface area contributed by atoms with E-state index in [1.54, 1.807) is 0 Å². The molecule has 4 N–H and O–H groups in total. The van der Waals surface area contributed by atoms with E-state index in [1.807, 2.05) is 60.7 Å². The molecule has 2 aromatic rings. The summed E-state index contributed by atoms with van der Waals surface area (Å²) in [6.07, 6.45) is -0.205. The molecule has 2 rings (SSSR count). The summed E-state index contributed by atoms with van der Waals surface area (Å²) < 4.78 is 5.19. The van der Waals surface area contributed by atoms with Crippen LogP contribution in [0.3, 0.4) is 0 Å². The van der Waals surface area contributed by atoms with Crippen LogP contribution >= 0.6 is 0 Å². The largest absolute Gasteiger partial charge is 0.481 e. The number of carboxylic acid groups (broad SMARTS) is 2. The molecule has 0 saturated carbocycles. The monoisotopic (exact) mass is 359 g/mol. The normalized spacial score (nSPS) is 10.8. The van der Waals surface area contributed by atoms with E-state index in [0.717, 1.165) is 11.1 Å². The Morgan fingerprint density at radius 2 is 1.38 bits per heavy atom. The molecular formula is C19H21NO6. The molecule has 0 spiro atoms. The fraction of sp³-hybridized carbons (Fsp3) is 0.211. The van der Waals surface area contributed by atoms with Crippen molar-refractivity contribution in [3.8, 4) is 0 Å². The molecule has 138 valence electrons. The quantitative estimate of drug-likeness (QED) is 0.644. The number of esters is 1. The molecular weight excluding hydrogens is 338 g/mol. The molecule has 0 bridgehead atoms. The van der Waals surface area contributed by atoms with Gasteiger partial charge in [-0.15, -0.1) is 0 Å². The smallest absolute Gasteiger partial charge is 0.321 e. The number of nitrogens with two attached hydrogens (primary N) is 1. The highest BCUT2D eigenvalue weighted by molar-refractivity contribution is 5.80. The fourth-order valence-corrected chi connectivity index (χ4v) is 1.83. The van der Waals surface area contributed by atoms with Gasteiger partial charge in [-0.25, -0.2) is 0 Å². The van der Waals surface area contributed by atoms with E-state index in [9.17, 15) is 14.4 Å². The molecule has 0 saturated heterocycles. The highest BCUT2D eigenvalue weighted by Crippen LogP contribution is 2.04. The lowest BCUT2D eigenvalue weighted by Gasteiger charge is -2.04. The molecule has 0 amide bonds. The van der Waals surface area contributed by atoms with Crippen molar-refractivity contribution in [2.24, 2.45) is 5.73 Å². The van der Waals surface area contributed by atoms with Crippen LogP contribution in [0.15, 0.2) is 60.7 Å². The van der Waals surface area contributed by atoms with Gasteiger partial charge in [0.2, 0.25) is 0 Å². The average Bonchev–Trinajstić information content (AvgIpc) is 2.62. The maximum absolute atomic E-state index is 11.6. The van der Waals surface area contributed by atoms with Gasteiger partial charge in [-0.3, -0.25) is 14.4 Å². The molecule has 7 heteroatoms. The Morgan fingerprint density at radius 3 is 1.81 bits per heavy atom. The number of ether oxygens (including phenoxy) is 1. The van der Waals surface area contributed by atoms with Gasteiger partial charge in [-0.05, 0) is 11.1 Å². The molecule has 0 radical (unpaired) electrons. The average molecular weight is 359 g/mol. The van der Waals surface area contributed by atoms with Gasteiger partial charge < -0.3 is 20.7 Å². The summed E-state index contributed by atoms with van der Waals surface area (Å²) in [6, 6.07) is 18.0. The lowest BCUT2D eigenvalue weighted by atomic mass is 10.1. The van der Waals surface area contributed by atoms with Crippen molar-refractivity contribution >= 4 is 17.9 Å². The number of hydrogen-bond donors (Lipinski definition) is 3. The Balaban J connectivity index is 0.000000321. The highest BCUT2D eigenvalue weighted by Gasteiger charge is 2.14. The third kappa shape index (κ3) is 9.19. The molecule has 2 aromatic carbocycles. The third-order valence-corrected chi connectivity index (χ3v) is 3.15. The summed E-state index contributed by atoms with van der Waals surface area (Å²) in [5.74, 6) is -2.69. The number of carbonyl (C=O) groups is 3. The third-order valence-electron chi connectivity index (χ3n) is 3.15. The Kier molecular flexibility index (Phi) is 9.13. The summed E-state index contributed by atoms with van der Waals surface area (Å²) in [4.78, 5) is 31.2. The van der Waals surface area contributed by atoms with E-state index in [1.165, 1.54) is 0 Å². The van der Waals surface area contributed by atoms with Crippen LogP contribution in [0, 0.1) is 0 Å². The Bertz CT molecular complexity index is 702. The lowest BCUT2D eigenvalue weighted by Crippen LogP contribution is -2.32. The van der Waals surface area contributed by atoms with Crippen LogP contribution in [0.4, 0.5) is 0 Å². The molecule has 0 fully saturated rings. The summed E-state index contributed by atoms with van der Waals surface area (Å²) >= 11 is 0. The van der Waals surface area contributed by atoms with Crippen LogP contribution in [0.25, 0.3) is 0 Å². The predicted octanol–water partition coefficient (Wildman–Crippen LogP) is 1.85. The number of benzene rings is 2. The zero-order valence-corrected chi connectivity index (χ0v) is 14.1. The summed E-state index contributed by atoms with van der Waals surface area (Å²) in [5.41, 5.74) is 6.82. The van der Waals surface area contributed by atoms with Gasteiger partial charge in [0.1, 0.15) is 12.6 Å². The number of rotatable bonds is 7. The second-order valence-electron chi connectivity index (χ2n) is 5.35. The van der Waals surface area contributed by atoms with Gasteiger partial charge in [0.05, 0.1) is 12.8 Å². The fourth-order valence-electron chi connectivity index (χ4n) is 1.83. The second kappa shape index (κ2) is 11.4. The molecule has 7 nitrogen and oxygen atoms in total. The van der Waals surface area contributed by atoms with E-state index in [0.29, 0.717) is 13.0 Å². The van der Waals surface area contributed by atoms with Crippen molar-refractivity contribution in [1.82, 2.24) is 0 Å². The highest BCUT2D eigenvalue weighted by atomic mass is 16.5. The summed E-state index contributed by atoms with van der Waals surface area (Å²) in [5, 5.41) is 16.0. The van der Waals surface area contributed by atoms with E-state index in [2.05, 4.69) is 0 Å². The first-order valence-corrected chi connectivity index (χ1v) is 7.82. The maximum atomic E-state index is 11.6. The predicted molar refractivity (Wildman–Crippen MR) is 94.2 cm³/mol. The van der Waals surface area contributed by atoms with Crippen LogP contribution < -0.4 is 5.73 Å². The summed E-state index contributed by atoms with van der Waals surface area (Å²) in [6.45, 7) is 0.340. The first-order chi connectivity index (χ1) is 12.4. The van der Waals surface area contributed by atoms with Crippen LogP contribution in [-0.2, 0) is 32.1 Å². The summed E-state index contributed by atoms with van der Waals surface area (Å²) in [7, 11) is 0. The van der Waals surface area contributed by atoms with Crippen LogP contribution in [0.1, 0.15) is 17.5 Å². The number of aliphatic carboxylic acids is 2. The van der Waals surface area contributed by atoms with Crippen molar-refractivity contribution in [2.75, 3.05) is 0 Å². The minimum Gasteiger partial charge on any atom is -0.481 e. The molecule has 0 unspecified atom stereocenters. The SMILES string of the molecule is N[C@@H](CC(=O)O)C(=O)O.O=C(Cc1ccccc1)OCc1ccccc1.